The van der Waals surface area contributed by atoms with Crippen molar-refractivity contribution < 1.29 is 18.3 Å². The quantitative estimate of drug-likeness (QED) is 0.531. The first-order valence-electron chi connectivity index (χ1n) is 7.24. The van der Waals surface area contributed by atoms with Gasteiger partial charge in [0.2, 0.25) is 0 Å². The van der Waals surface area contributed by atoms with Gasteiger partial charge in [0.25, 0.3) is 0 Å². The minimum absolute atomic E-state index is 0. The number of hydrogen-bond acceptors (Lipinski definition) is 5. The van der Waals surface area contributed by atoms with Gasteiger partial charge in [0, 0.05) is 6.07 Å². The van der Waals surface area contributed by atoms with Gasteiger partial charge >= 0.3 is 5.97 Å². The molecule has 0 spiro atoms. The standard InChI is InChI=1S/C18H14FNO4.BrH/c1-10(20)18(22)24-13-6-7-14-16(8-13)23-9-15(17(14)21)11-2-4-12(19)5-3-11;/h2-10H,20H2,1H3;1H. The van der Waals surface area contributed by atoms with Gasteiger partial charge in [0.15, 0.2) is 5.43 Å². The predicted octanol–water partition coefficient (Wildman–Crippen LogP) is 3.43. The van der Waals surface area contributed by atoms with Crippen molar-refractivity contribution in [2.45, 2.75) is 13.0 Å². The van der Waals surface area contributed by atoms with E-state index in [2.05, 4.69) is 0 Å². The Bertz CT molecular complexity index is 967. The minimum atomic E-state index is -0.756. The van der Waals surface area contributed by atoms with Crippen LogP contribution >= 0.6 is 17.0 Å². The Labute approximate surface area is 153 Å². The van der Waals surface area contributed by atoms with E-state index in [0.29, 0.717) is 16.5 Å². The number of halogens is 2. The summed E-state index contributed by atoms with van der Waals surface area (Å²) in [6.45, 7) is 1.51. The van der Waals surface area contributed by atoms with Crippen molar-refractivity contribution in [2.24, 2.45) is 5.73 Å². The monoisotopic (exact) mass is 407 g/mol. The highest BCUT2D eigenvalue weighted by Crippen LogP contribution is 2.23. The second kappa shape index (κ2) is 7.58. The zero-order valence-corrected chi connectivity index (χ0v) is 14.9. The number of benzene rings is 2. The number of ether oxygens (including phenoxy) is 1. The molecule has 0 amide bonds. The summed E-state index contributed by atoms with van der Waals surface area (Å²) in [6.07, 6.45) is 1.30. The van der Waals surface area contributed by atoms with Crippen molar-refractivity contribution in [1.82, 2.24) is 0 Å². The van der Waals surface area contributed by atoms with Crippen LogP contribution in [0.4, 0.5) is 4.39 Å². The topological polar surface area (TPSA) is 82.5 Å². The molecule has 0 radical (unpaired) electrons. The molecule has 0 aliphatic heterocycles. The molecule has 1 unspecified atom stereocenters. The summed E-state index contributed by atoms with van der Waals surface area (Å²) in [7, 11) is 0. The maximum atomic E-state index is 13.0. The molecule has 0 saturated carbocycles. The molecular weight excluding hydrogens is 393 g/mol. The molecule has 7 heteroatoms. The third-order valence-electron chi connectivity index (χ3n) is 3.49. The number of carbonyl (C=O) groups is 1. The van der Waals surface area contributed by atoms with Gasteiger partial charge in [-0.1, -0.05) is 12.1 Å². The van der Waals surface area contributed by atoms with E-state index < -0.39 is 12.0 Å². The third kappa shape index (κ3) is 3.94. The molecule has 25 heavy (non-hydrogen) atoms. The average molecular weight is 408 g/mol. The summed E-state index contributed by atoms with van der Waals surface area (Å²) in [5.41, 5.74) is 6.34. The second-order valence-corrected chi connectivity index (χ2v) is 5.35. The lowest BCUT2D eigenvalue weighted by atomic mass is 10.1. The Hall–Kier alpha value is -2.51. The normalized spacial score (nSPS) is 11.6. The number of hydrogen-bond donors (Lipinski definition) is 1. The Morgan fingerprint density at radius 2 is 1.88 bits per heavy atom. The number of nitrogens with two attached hydrogens (primary N) is 1. The fourth-order valence-electron chi connectivity index (χ4n) is 2.21. The van der Waals surface area contributed by atoms with E-state index in [1.165, 1.54) is 55.7 Å². The SMILES string of the molecule is Br.CC(N)C(=O)Oc1ccc2c(=O)c(-c3ccc(F)cc3)coc2c1. The fraction of sp³-hybridized carbons (Fsp3) is 0.111. The zero-order chi connectivity index (χ0) is 17.3. The molecule has 3 rings (SSSR count). The Morgan fingerprint density at radius 3 is 2.52 bits per heavy atom. The summed E-state index contributed by atoms with van der Waals surface area (Å²) in [4.78, 5) is 24.1. The van der Waals surface area contributed by atoms with Gasteiger partial charge in [-0.3, -0.25) is 4.79 Å². The van der Waals surface area contributed by atoms with Crippen LogP contribution in [0.2, 0.25) is 0 Å². The highest BCUT2D eigenvalue weighted by molar-refractivity contribution is 8.93. The highest BCUT2D eigenvalue weighted by atomic mass is 79.9. The van der Waals surface area contributed by atoms with Gasteiger partial charge in [-0.2, -0.15) is 0 Å². The molecule has 5 nitrogen and oxygen atoms in total. The first-order chi connectivity index (χ1) is 11.5. The van der Waals surface area contributed by atoms with Crippen molar-refractivity contribution >= 4 is 33.9 Å². The molecule has 0 aliphatic rings. The Balaban J connectivity index is 0.00000225. The van der Waals surface area contributed by atoms with E-state index in [4.69, 9.17) is 14.9 Å². The van der Waals surface area contributed by atoms with E-state index in [1.54, 1.807) is 0 Å². The van der Waals surface area contributed by atoms with Crippen molar-refractivity contribution in [3.05, 3.63) is 64.8 Å². The Morgan fingerprint density at radius 1 is 1.20 bits per heavy atom. The van der Waals surface area contributed by atoms with Gasteiger partial charge in [-0.05, 0) is 36.8 Å². The van der Waals surface area contributed by atoms with Crippen molar-refractivity contribution in [1.29, 1.82) is 0 Å². The molecule has 1 atom stereocenters. The van der Waals surface area contributed by atoms with Crippen LogP contribution in [0.1, 0.15) is 6.92 Å². The lowest BCUT2D eigenvalue weighted by Crippen LogP contribution is -2.30. The second-order valence-electron chi connectivity index (χ2n) is 5.35. The van der Waals surface area contributed by atoms with Crippen LogP contribution in [0.3, 0.4) is 0 Å². The van der Waals surface area contributed by atoms with Crippen molar-refractivity contribution in [3.63, 3.8) is 0 Å². The lowest BCUT2D eigenvalue weighted by molar-refractivity contribution is -0.135. The molecule has 0 saturated heterocycles. The van der Waals surface area contributed by atoms with Gasteiger partial charge in [0.05, 0.1) is 10.9 Å². The molecule has 0 fully saturated rings. The van der Waals surface area contributed by atoms with Crippen molar-refractivity contribution in [2.75, 3.05) is 0 Å². The maximum absolute atomic E-state index is 13.0. The van der Waals surface area contributed by atoms with Crippen LogP contribution < -0.4 is 15.9 Å². The fourth-order valence-corrected chi connectivity index (χ4v) is 2.21. The lowest BCUT2D eigenvalue weighted by Gasteiger charge is -2.08. The molecule has 3 aromatic rings. The van der Waals surface area contributed by atoms with E-state index in [9.17, 15) is 14.0 Å². The molecule has 0 bridgehead atoms. The largest absolute Gasteiger partial charge is 0.463 e. The molecule has 130 valence electrons. The smallest absolute Gasteiger partial charge is 0.328 e. The van der Waals surface area contributed by atoms with Gasteiger partial charge in [-0.25, -0.2) is 9.18 Å². The van der Waals surface area contributed by atoms with Crippen LogP contribution in [-0.4, -0.2) is 12.0 Å². The van der Waals surface area contributed by atoms with Crippen LogP contribution in [0, 0.1) is 5.82 Å². The van der Waals surface area contributed by atoms with Crippen LogP contribution in [0.5, 0.6) is 5.75 Å². The molecule has 2 N–H and O–H groups in total. The first-order valence-corrected chi connectivity index (χ1v) is 7.24. The van der Waals surface area contributed by atoms with E-state index in [-0.39, 0.29) is 39.6 Å². The summed E-state index contributed by atoms with van der Waals surface area (Å²) >= 11 is 0. The number of fused-ring (bicyclic) bond motifs is 1. The summed E-state index contributed by atoms with van der Waals surface area (Å²) in [5, 5.41) is 0.331. The van der Waals surface area contributed by atoms with E-state index in [0.717, 1.165) is 0 Å². The van der Waals surface area contributed by atoms with Crippen molar-refractivity contribution in [3.8, 4) is 16.9 Å². The number of rotatable bonds is 3. The highest BCUT2D eigenvalue weighted by Gasteiger charge is 2.13. The summed E-state index contributed by atoms with van der Waals surface area (Å²) in [6, 6.07) is 9.26. The van der Waals surface area contributed by atoms with Gasteiger partial charge in [-0.15, -0.1) is 17.0 Å². The zero-order valence-electron chi connectivity index (χ0n) is 13.2. The van der Waals surface area contributed by atoms with E-state index >= 15 is 0 Å². The first kappa shape index (κ1) is 18.8. The predicted molar refractivity (Wildman–Crippen MR) is 97.5 cm³/mol. The molecular formula is C18H15BrFNO4. The molecule has 0 aliphatic carbocycles. The van der Waals surface area contributed by atoms with Crippen LogP contribution in [-0.2, 0) is 4.79 Å². The van der Waals surface area contributed by atoms with Gasteiger partial charge < -0.3 is 14.9 Å². The molecule has 2 aromatic carbocycles. The van der Waals surface area contributed by atoms with Gasteiger partial charge in [0.1, 0.15) is 29.5 Å². The third-order valence-corrected chi connectivity index (χ3v) is 3.49. The molecule has 1 heterocycles. The number of esters is 1. The maximum Gasteiger partial charge on any atom is 0.328 e. The Kier molecular flexibility index (Phi) is 5.71. The van der Waals surface area contributed by atoms with E-state index in [1.807, 2.05) is 0 Å². The van der Waals surface area contributed by atoms with Crippen LogP contribution in [0.25, 0.3) is 22.1 Å². The average Bonchev–Trinajstić information content (AvgIpc) is 2.56. The molecule has 1 aromatic heterocycles. The minimum Gasteiger partial charge on any atom is -0.463 e. The number of carbonyl (C=O) groups excluding carboxylic acids is 1. The summed E-state index contributed by atoms with van der Waals surface area (Å²) in [5.74, 6) is -0.730. The van der Waals surface area contributed by atoms with Crippen LogP contribution in [0.15, 0.2) is 57.9 Å². The summed E-state index contributed by atoms with van der Waals surface area (Å²) < 4.78 is 23.6.